The molecule has 1 aromatic heterocycles. The van der Waals surface area contributed by atoms with Gasteiger partial charge in [-0.05, 0) is 68.0 Å². The Bertz CT molecular complexity index is 1310. The van der Waals surface area contributed by atoms with Crippen molar-refractivity contribution in [3.8, 4) is 11.3 Å². The summed E-state index contributed by atoms with van der Waals surface area (Å²) in [7, 11) is 0. The highest BCUT2D eigenvalue weighted by molar-refractivity contribution is 7.80. The number of hydrogen-bond acceptors (Lipinski definition) is 6. The fraction of sp³-hybridized carbons (Fsp3) is 0.0870. The molecule has 1 aliphatic heterocycles. The number of nitrogens with one attached hydrogen (secondary N) is 1. The van der Waals surface area contributed by atoms with E-state index in [1.165, 1.54) is 23.1 Å². The molecule has 0 atom stereocenters. The standard InChI is InChI=1S/C23H17N3O5S/c1-13-3-5-15(6-4-13)25-22(28)19(21(27)24-23(25)32)12-17-8-10-20(31-17)18-9-7-16(26(29)30)11-14(18)2/h3-12H,1-2H3,(H,24,27,32)/b19-12+. The Hall–Kier alpha value is -4.11. The third kappa shape index (κ3) is 3.93. The van der Waals surface area contributed by atoms with Gasteiger partial charge in [-0.3, -0.25) is 29.9 Å². The second-order valence-electron chi connectivity index (χ2n) is 7.25. The normalized spacial score (nSPS) is 15.2. The zero-order valence-electron chi connectivity index (χ0n) is 17.1. The number of nitro groups is 1. The van der Waals surface area contributed by atoms with Gasteiger partial charge >= 0.3 is 0 Å². The molecule has 0 spiro atoms. The van der Waals surface area contributed by atoms with Crippen molar-refractivity contribution in [3.05, 3.63) is 87.2 Å². The van der Waals surface area contributed by atoms with Gasteiger partial charge in [0.2, 0.25) is 0 Å². The van der Waals surface area contributed by atoms with Crippen molar-refractivity contribution in [2.45, 2.75) is 13.8 Å². The molecule has 160 valence electrons. The quantitative estimate of drug-likeness (QED) is 0.210. The molecule has 0 saturated carbocycles. The molecule has 8 nitrogen and oxygen atoms in total. The van der Waals surface area contributed by atoms with E-state index in [9.17, 15) is 19.7 Å². The highest BCUT2D eigenvalue weighted by Gasteiger charge is 2.34. The monoisotopic (exact) mass is 447 g/mol. The number of hydrogen-bond donors (Lipinski definition) is 1. The highest BCUT2D eigenvalue weighted by atomic mass is 32.1. The van der Waals surface area contributed by atoms with Gasteiger partial charge in [0.05, 0.1) is 10.6 Å². The average Bonchev–Trinajstić information content (AvgIpc) is 3.20. The zero-order chi connectivity index (χ0) is 23.0. The Morgan fingerprint density at radius 2 is 1.78 bits per heavy atom. The van der Waals surface area contributed by atoms with Crippen LogP contribution in [-0.2, 0) is 9.59 Å². The van der Waals surface area contributed by atoms with Crippen molar-refractivity contribution in [1.82, 2.24) is 5.32 Å². The van der Waals surface area contributed by atoms with Crippen LogP contribution in [0.15, 0.2) is 64.6 Å². The number of anilines is 1. The number of furan rings is 1. The van der Waals surface area contributed by atoms with Crippen LogP contribution in [0.4, 0.5) is 11.4 Å². The lowest BCUT2D eigenvalue weighted by Crippen LogP contribution is -2.54. The fourth-order valence-electron chi connectivity index (χ4n) is 3.34. The molecule has 1 N–H and O–H groups in total. The Labute approximate surface area is 188 Å². The van der Waals surface area contributed by atoms with Crippen LogP contribution in [0.2, 0.25) is 0 Å². The van der Waals surface area contributed by atoms with Crippen LogP contribution in [0.1, 0.15) is 16.9 Å². The zero-order valence-corrected chi connectivity index (χ0v) is 17.9. The van der Waals surface area contributed by atoms with Crippen molar-refractivity contribution in [2.24, 2.45) is 0 Å². The van der Waals surface area contributed by atoms with Gasteiger partial charge < -0.3 is 4.42 Å². The van der Waals surface area contributed by atoms with Crippen LogP contribution in [-0.4, -0.2) is 21.9 Å². The minimum absolute atomic E-state index is 0.00245. The van der Waals surface area contributed by atoms with E-state index in [0.717, 1.165) is 5.56 Å². The Morgan fingerprint density at radius 3 is 2.44 bits per heavy atom. The molecule has 2 amide bonds. The second-order valence-corrected chi connectivity index (χ2v) is 7.64. The molecular weight excluding hydrogens is 430 g/mol. The summed E-state index contributed by atoms with van der Waals surface area (Å²) in [4.78, 5) is 37.3. The van der Waals surface area contributed by atoms with Crippen molar-refractivity contribution < 1.29 is 18.9 Å². The molecule has 1 saturated heterocycles. The van der Waals surface area contributed by atoms with Gasteiger partial charge in [-0.15, -0.1) is 0 Å². The summed E-state index contributed by atoms with van der Waals surface area (Å²) >= 11 is 5.20. The van der Waals surface area contributed by atoms with Gasteiger partial charge in [-0.25, -0.2) is 0 Å². The van der Waals surface area contributed by atoms with Crippen molar-refractivity contribution in [2.75, 3.05) is 4.90 Å². The molecule has 1 aliphatic rings. The molecule has 2 aromatic carbocycles. The van der Waals surface area contributed by atoms with E-state index < -0.39 is 16.7 Å². The van der Waals surface area contributed by atoms with Crippen molar-refractivity contribution >= 4 is 46.6 Å². The summed E-state index contributed by atoms with van der Waals surface area (Å²) < 4.78 is 5.80. The molecule has 0 radical (unpaired) electrons. The number of rotatable bonds is 4. The van der Waals surface area contributed by atoms with Gasteiger partial charge in [-0.1, -0.05) is 17.7 Å². The van der Waals surface area contributed by atoms with Gasteiger partial charge in [0.15, 0.2) is 5.11 Å². The van der Waals surface area contributed by atoms with E-state index in [2.05, 4.69) is 5.32 Å². The summed E-state index contributed by atoms with van der Waals surface area (Å²) in [5, 5.41) is 13.5. The molecule has 1 fully saturated rings. The minimum Gasteiger partial charge on any atom is -0.457 e. The maximum Gasteiger partial charge on any atom is 0.270 e. The van der Waals surface area contributed by atoms with E-state index in [1.54, 1.807) is 37.3 Å². The number of carbonyl (C=O) groups is 2. The molecule has 0 unspecified atom stereocenters. The number of amides is 2. The third-order valence-corrected chi connectivity index (χ3v) is 5.28. The molecule has 3 aromatic rings. The molecule has 9 heteroatoms. The summed E-state index contributed by atoms with van der Waals surface area (Å²) in [6.45, 7) is 3.66. The summed E-state index contributed by atoms with van der Waals surface area (Å²) in [5.41, 5.74) is 2.75. The van der Waals surface area contributed by atoms with Gasteiger partial charge in [0.25, 0.3) is 17.5 Å². The molecule has 4 rings (SSSR count). The van der Waals surface area contributed by atoms with E-state index in [1.807, 2.05) is 19.1 Å². The topological polar surface area (TPSA) is 106 Å². The van der Waals surface area contributed by atoms with Crippen molar-refractivity contribution in [1.29, 1.82) is 0 Å². The summed E-state index contributed by atoms with van der Waals surface area (Å²) in [6, 6.07) is 14.9. The second kappa shape index (κ2) is 8.20. The smallest absolute Gasteiger partial charge is 0.270 e. The predicted molar refractivity (Wildman–Crippen MR) is 123 cm³/mol. The third-order valence-electron chi connectivity index (χ3n) is 4.99. The van der Waals surface area contributed by atoms with Crippen molar-refractivity contribution in [3.63, 3.8) is 0 Å². The number of carbonyl (C=O) groups excluding carboxylic acids is 2. The SMILES string of the molecule is Cc1ccc(N2C(=O)/C(=C/c3ccc(-c4ccc([N+](=O)[O-])cc4C)o3)C(=O)NC2=S)cc1. The van der Waals surface area contributed by atoms with Crippen LogP contribution in [0.5, 0.6) is 0 Å². The highest BCUT2D eigenvalue weighted by Crippen LogP contribution is 2.30. The number of benzene rings is 2. The predicted octanol–water partition coefficient (Wildman–Crippen LogP) is 4.30. The van der Waals surface area contributed by atoms with Crippen LogP contribution < -0.4 is 10.2 Å². The molecule has 0 aliphatic carbocycles. The first-order valence-corrected chi connectivity index (χ1v) is 9.99. The Kier molecular flexibility index (Phi) is 5.41. The molecule has 32 heavy (non-hydrogen) atoms. The van der Waals surface area contributed by atoms with Crippen LogP contribution in [0.3, 0.4) is 0 Å². The molecular formula is C23H17N3O5S. The van der Waals surface area contributed by atoms with E-state index in [-0.39, 0.29) is 22.1 Å². The van der Waals surface area contributed by atoms with E-state index in [4.69, 9.17) is 16.6 Å². The number of aryl methyl sites for hydroxylation is 2. The number of nitrogens with zero attached hydrogens (tertiary/aromatic N) is 2. The van der Waals surface area contributed by atoms with Gasteiger partial charge in [-0.2, -0.15) is 0 Å². The minimum atomic E-state index is -0.618. The number of non-ortho nitro benzene ring substituents is 1. The van der Waals surface area contributed by atoms with Crippen LogP contribution in [0.25, 0.3) is 17.4 Å². The Balaban J connectivity index is 1.66. The summed E-state index contributed by atoms with van der Waals surface area (Å²) in [6.07, 6.45) is 1.35. The van der Waals surface area contributed by atoms with E-state index >= 15 is 0 Å². The first kappa shape index (κ1) is 21.1. The average molecular weight is 447 g/mol. The number of thiocarbonyl (C=S) groups is 1. The van der Waals surface area contributed by atoms with Crippen LogP contribution in [0, 0.1) is 24.0 Å². The number of nitro benzene ring substituents is 1. The maximum absolute atomic E-state index is 13.1. The molecule has 2 heterocycles. The first-order valence-electron chi connectivity index (χ1n) is 9.58. The fourth-order valence-corrected chi connectivity index (χ4v) is 3.62. The maximum atomic E-state index is 13.1. The lowest BCUT2D eigenvalue weighted by Gasteiger charge is -2.28. The first-order chi connectivity index (χ1) is 15.2. The lowest BCUT2D eigenvalue weighted by molar-refractivity contribution is -0.384. The molecule has 0 bridgehead atoms. The van der Waals surface area contributed by atoms with Gasteiger partial charge in [0, 0.05) is 17.7 Å². The lowest BCUT2D eigenvalue weighted by atomic mass is 10.1. The largest absolute Gasteiger partial charge is 0.457 e. The Morgan fingerprint density at radius 1 is 1.06 bits per heavy atom. The van der Waals surface area contributed by atoms with E-state index in [0.29, 0.717) is 22.6 Å². The van der Waals surface area contributed by atoms with Gasteiger partial charge in [0.1, 0.15) is 17.1 Å². The van der Waals surface area contributed by atoms with Crippen LogP contribution >= 0.6 is 12.2 Å². The summed E-state index contributed by atoms with van der Waals surface area (Å²) in [5.74, 6) is -0.438.